The molecule has 0 radical (unpaired) electrons. The molecule has 2 unspecified atom stereocenters. The third kappa shape index (κ3) is 5.75. The number of aliphatic hydroxyl groups excluding tert-OH is 1. The Morgan fingerprint density at radius 3 is 2.59 bits per heavy atom. The fraction of sp³-hybridized carbons (Fsp3) is 0.267. The van der Waals surface area contributed by atoms with Gasteiger partial charge in [-0.1, -0.05) is 35.3 Å². The molecule has 2 atom stereocenters. The van der Waals surface area contributed by atoms with Gasteiger partial charge in [-0.2, -0.15) is 0 Å². The molecule has 7 nitrogen and oxygen atoms in total. The lowest BCUT2D eigenvalue weighted by molar-refractivity contribution is 0.00558. The number of aryl methyl sites for hydroxylation is 1. The Morgan fingerprint density at radius 2 is 1.90 bits per heavy atom. The van der Waals surface area contributed by atoms with Gasteiger partial charge in [-0.3, -0.25) is 24.1 Å². The third-order valence-corrected chi connectivity index (χ3v) is 7.79. The highest BCUT2D eigenvalue weighted by atomic mass is 35.5. The molecule has 3 aromatic rings. The monoisotopic (exact) mass is 598 g/mol. The van der Waals surface area contributed by atoms with Crippen LogP contribution in [-0.4, -0.2) is 50.4 Å². The predicted molar refractivity (Wildman–Crippen MR) is 155 cm³/mol. The van der Waals surface area contributed by atoms with E-state index in [9.17, 15) is 14.7 Å². The summed E-state index contributed by atoms with van der Waals surface area (Å²) in [7, 11) is 0. The van der Waals surface area contributed by atoms with Crippen LogP contribution in [0.2, 0.25) is 10.0 Å². The highest BCUT2D eigenvalue weighted by Crippen LogP contribution is 2.55. The number of aliphatic imine (C=N–C) groups is 1. The molecule has 3 heterocycles. The molecule has 1 saturated heterocycles. The van der Waals surface area contributed by atoms with Crippen LogP contribution >= 0.6 is 23.2 Å². The van der Waals surface area contributed by atoms with Crippen molar-refractivity contribution in [3.05, 3.63) is 115 Å². The van der Waals surface area contributed by atoms with Gasteiger partial charge in [-0.05, 0) is 67.5 Å². The van der Waals surface area contributed by atoms with Gasteiger partial charge in [0, 0.05) is 42.9 Å². The van der Waals surface area contributed by atoms with Crippen LogP contribution in [-0.2, 0) is 0 Å². The molecular weight excluding hydrogens is 573 g/mol. The standard InChI is InChI=1S/C30H26Cl2F2N4O3/c1-3-7-36-28(20-5-4-6-21(27(20)34)29(40)37-13-19(39)14-37)25(33)15-38-16(2)8-24(26(32)30(38)41)23-10-22(23)17-9-18(31)12-35-11-17/h3-9,11-12,15,19,22-23,39H,10,13-14H2,1-2H3/b7-3+,25-15-,36-28+. The topological polar surface area (TPSA) is 87.8 Å². The molecule has 41 heavy (non-hydrogen) atoms. The number of likely N-dealkylation sites (tertiary alicyclic amines) is 1. The van der Waals surface area contributed by atoms with Crippen LogP contribution in [0, 0.1) is 12.7 Å². The summed E-state index contributed by atoms with van der Waals surface area (Å²) in [5.74, 6) is -2.48. The molecular formula is C30H26Cl2F2N4O3. The van der Waals surface area contributed by atoms with Crippen molar-refractivity contribution in [3.8, 4) is 0 Å². The minimum absolute atomic E-state index is 0.00801. The molecule has 1 aliphatic heterocycles. The molecule has 1 amide bonds. The van der Waals surface area contributed by atoms with Crippen molar-refractivity contribution in [2.24, 2.45) is 4.99 Å². The van der Waals surface area contributed by atoms with Crippen molar-refractivity contribution < 1.29 is 18.7 Å². The molecule has 0 spiro atoms. The number of halogens is 4. The Balaban J connectivity index is 1.49. The number of allylic oxidation sites excluding steroid dienone is 2. The summed E-state index contributed by atoms with van der Waals surface area (Å²) >= 11 is 12.6. The average Bonchev–Trinajstić information content (AvgIpc) is 3.73. The maximum atomic E-state index is 15.8. The second-order valence-electron chi connectivity index (χ2n) is 10.1. The van der Waals surface area contributed by atoms with Crippen molar-refractivity contribution in [1.29, 1.82) is 0 Å². The second-order valence-corrected chi connectivity index (χ2v) is 10.9. The summed E-state index contributed by atoms with van der Waals surface area (Å²) in [6, 6.07) is 7.58. The molecule has 2 aromatic heterocycles. The first-order chi connectivity index (χ1) is 19.6. The smallest absolute Gasteiger partial charge is 0.273 e. The van der Waals surface area contributed by atoms with E-state index in [1.54, 1.807) is 32.3 Å². The van der Waals surface area contributed by atoms with Crippen LogP contribution < -0.4 is 5.56 Å². The fourth-order valence-electron chi connectivity index (χ4n) is 4.97. The van der Waals surface area contributed by atoms with E-state index in [2.05, 4.69) is 9.98 Å². The van der Waals surface area contributed by atoms with Crippen molar-refractivity contribution in [2.45, 2.75) is 38.2 Å². The molecule has 1 saturated carbocycles. The van der Waals surface area contributed by atoms with E-state index < -0.39 is 34.9 Å². The van der Waals surface area contributed by atoms with Crippen molar-refractivity contribution in [3.63, 3.8) is 0 Å². The van der Waals surface area contributed by atoms with Crippen LogP contribution in [0.5, 0.6) is 0 Å². The van der Waals surface area contributed by atoms with Gasteiger partial charge in [0.1, 0.15) is 16.6 Å². The summed E-state index contributed by atoms with van der Waals surface area (Å²) in [5, 5.41) is 9.99. The highest BCUT2D eigenvalue weighted by Gasteiger charge is 2.42. The van der Waals surface area contributed by atoms with Gasteiger partial charge in [0.05, 0.1) is 22.9 Å². The van der Waals surface area contributed by atoms with E-state index in [1.165, 1.54) is 35.4 Å². The number of β-amino-alcohol motifs (C(OH)–C–C–N with tert-alkyl or cyclic N) is 1. The van der Waals surface area contributed by atoms with Crippen molar-refractivity contribution in [1.82, 2.24) is 14.5 Å². The number of carbonyl (C=O) groups is 1. The Hall–Kier alpha value is -3.66. The number of amides is 1. The zero-order valence-electron chi connectivity index (χ0n) is 22.2. The Bertz CT molecular complexity index is 1680. The third-order valence-electron chi connectivity index (χ3n) is 7.20. The first-order valence-electron chi connectivity index (χ1n) is 13.0. The molecule has 1 N–H and O–H groups in total. The maximum Gasteiger partial charge on any atom is 0.273 e. The average molecular weight is 599 g/mol. The molecule has 2 aliphatic rings. The molecule has 1 aliphatic carbocycles. The van der Waals surface area contributed by atoms with Crippen molar-refractivity contribution in [2.75, 3.05) is 13.1 Å². The molecule has 1 aromatic carbocycles. The molecule has 5 rings (SSSR count). The maximum absolute atomic E-state index is 15.8. The van der Waals surface area contributed by atoms with E-state index in [1.807, 2.05) is 6.07 Å². The zero-order valence-corrected chi connectivity index (χ0v) is 23.7. The van der Waals surface area contributed by atoms with Crippen LogP contribution in [0.4, 0.5) is 8.78 Å². The summed E-state index contributed by atoms with van der Waals surface area (Å²) in [5.41, 5.74) is 0.465. The molecule has 2 fully saturated rings. The number of hydrogen-bond donors (Lipinski definition) is 1. The number of nitrogens with zero attached hydrogens (tertiary/aromatic N) is 4. The largest absolute Gasteiger partial charge is 0.389 e. The van der Waals surface area contributed by atoms with Crippen LogP contribution in [0.25, 0.3) is 6.20 Å². The SMILES string of the molecule is C/C=C/N=C(/C(F)=C/n1c(C)cc(C2CC2c2cncc(Cl)c2)c(Cl)c1=O)c1cccc(C(=O)N2CC(O)C2)c1F. The van der Waals surface area contributed by atoms with Crippen molar-refractivity contribution >= 4 is 41.0 Å². The Morgan fingerprint density at radius 1 is 1.17 bits per heavy atom. The number of pyridine rings is 2. The van der Waals surface area contributed by atoms with Gasteiger partial charge in [0.25, 0.3) is 11.5 Å². The lowest BCUT2D eigenvalue weighted by atomic mass is 10.0. The molecule has 212 valence electrons. The molecule has 0 bridgehead atoms. The molecule has 11 heteroatoms. The summed E-state index contributed by atoms with van der Waals surface area (Å²) in [6.45, 7) is 3.49. The normalized spacial score (nSPS) is 19.5. The lowest BCUT2D eigenvalue weighted by Gasteiger charge is -2.36. The number of aromatic nitrogens is 2. The first-order valence-corrected chi connectivity index (χ1v) is 13.7. The van der Waals surface area contributed by atoms with Gasteiger partial charge in [0.2, 0.25) is 0 Å². The lowest BCUT2D eigenvalue weighted by Crippen LogP contribution is -2.53. The van der Waals surface area contributed by atoms with Gasteiger partial charge in [-0.15, -0.1) is 0 Å². The number of benzene rings is 1. The van der Waals surface area contributed by atoms with E-state index in [0.29, 0.717) is 16.3 Å². The summed E-state index contributed by atoms with van der Waals surface area (Å²) in [6.07, 6.45) is 7.12. The zero-order chi connectivity index (χ0) is 29.4. The predicted octanol–water partition coefficient (Wildman–Crippen LogP) is 5.88. The number of hydrogen-bond acceptors (Lipinski definition) is 5. The number of rotatable bonds is 7. The van der Waals surface area contributed by atoms with E-state index in [0.717, 1.165) is 22.8 Å². The minimum Gasteiger partial charge on any atom is -0.389 e. The number of aliphatic hydroxyl groups is 1. The van der Waals surface area contributed by atoms with E-state index in [-0.39, 0.29) is 41.1 Å². The van der Waals surface area contributed by atoms with Gasteiger partial charge < -0.3 is 10.0 Å². The van der Waals surface area contributed by atoms with Gasteiger partial charge in [-0.25, -0.2) is 8.78 Å². The van der Waals surface area contributed by atoms with Gasteiger partial charge in [0.15, 0.2) is 5.83 Å². The fourth-order valence-corrected chi connectivity index (χ4v) is 5.44. The first kappa shape index (κ1) is 28.9. The van der Waals surface area contributed by atoms with E-state index >= 15 is 8.78 Å². The second kappa shape index (κ2) is 11.7. The Labute approximate surface area is 245 Å². The van der Waals surface area contributed by atoms with Crippen LogP contribution in [0.1, 0.15) is 57.9 Å². The highest BCUT2D eigenvalue weighted by molar-refractivity contribution is 6.31. The van der Waals surface area contributed by atoms with Gasteiger partial charge >= 0.3 is 0 Å². The summed E-state index contributed by atoms with van der Waals surface area (Å²) < 4.78 is 32.5. The van der Waals surface area contributed by atoms with Crippen LogP contribution in [0.15, 0.2) is 70.6 Å². The quantitative estimate of drug-likeness (QED) is 0.344. The Kier molecular flexibility index (Phi) is 8.22. The number of carbonyl (C=O) groups excluding carboxylic acids is 1. The van der Waals surface area contributed by atoms with E-state index in [4.69, 9.17) is 23.2 Å². The summed E-state index contributed by atoms with van der Waals surface area (Å²) in [4.78, 5) is 35.5. The van der Waals surface area contributed by atoms with Crippen LogP contribution in [0.3, 0.4) is 0 Å². The minimum atomic E-state index is -1.01.